The van der Waals surface area contributed by atoms with Gasteiger partial charge in [0.05, 0.1) is 11.0 Å². The number of aryl methyl sites for hydroxylation is 1. The second-order valence-electron chi connectivity index (χ2n) is 19.6. The summed E-state index contributed by atoms with van der Waals surface area (Å²) in [4.78, 5) is 3.28. The first-order chi connectivity index (χ1) is 38.9. The molecule has 0 saturated carbocycles. The van der Waals surface area contributed by atoms with Gasteiger partial charge in [0, 0.05) is 44.0 Å². The van der Waals surface area contributed by atoms with E-state index in [9.17, 15) is 0 Å². The van der Waals surface area contributed by atoms with E-state index in [1.807, 2.05) is 24.3 Å². The van der Waals surface area contributed by atoms with Crippen molar-refractivity contribution in [1.82, 2.24) is 4.57 Å². The Bertz CT molecular complexity index is 3890. The van der Waals surface area contributed by atoms with Crippen molar-refractivity contribution in [2.24, 2.45) is 0 Å². The van der Waals surface area contributed by atoms with Crippen molar-refractivity contribution in [2.75, 3.05) is 4.90 Å². The molecule has 0 aliphatic heterocycles. The molecular weight excluding hydrogens is 973 g/mol. The first-order valence-corrected chi connectivity index (χ1v) is 27.5. The average Bonchev–Trinajstić information content (AvgIpc) is 4.05. The summed E-state index contributed by atoms with van der Waals surface area (Å²) in [6, 6.07) is 99.6. The maximum absolute atomic E-state index is 5.47. The Balaban J connectivity index is 0.000000382. The molecule has 0 aliphatic rings. The Kier molecular flexibility index (Phi) is 17.2. The highest BCUT2D eigenvalue weighted by Gasteiger charge is 2.23. The van der Waals surface area contributed by atoms with Crippen molar-refractivity contribution in [2.45, 2.75) is 32.1 Å². The maximum atomic E-state index is 5.47. The van der Waals surface area contributed by atoms with Gasteiger partial charge in [-0.2, -0.15) is 0 Å². The Morgan fingerprint density at radius 3 is 1.34 bits per heavy atom. The highest BCUT2D eigenvalue weighted by atomic mass is 32.1. The quantitative estimate of drug-likeness (QED) is 0.0947. The number of aromatic nitrogens is 1. The van der Waals surface area contributed by atoms with Crippen molar-refractivity contribution in [3.05, 3.63) is 321 Å². The third kappa shape index (κ3) is 12.4. The van der Waals surface area contributed by atoms with Crippen LogP contribution in [-0.2, 0) is 6.42 Å². The molecule has 0 fully saturated rings. The molecule has 0 saturated heterocycles. The summed E-state index contributed by atoms with van der Waals surface area (Å²) in [6.45, 7) is 9.83. The van der Waals surface area contributed by atoms with E-state index < -0.39 is 0 Å². The molecule has 79 heavy (non-hydrogen) atoms. The van der Waals surface area contributed by atoms with Gasteiger partial charge in [-0.25, -0.2) is 0 Å². The van der Waals surface area contributed by atoms with Gasteiger partial charge in [0.15, 0.2) is 0 Å². The Labute approximate surface area is 472 Å². The fourth-order valence-corrected chi connectivity index (χ4v) is 10.5. The summed E-state index contributed by atoms with van der Waals surface area (Å²) < 4.78 is 2.43. The SMILES string of the molecule is C=C/C=C\C=C(C)C.CCc1ccccc1.Sc1c(-c2ccc(N(c3ccc(-c4ccccc4)cc3)c3ccc(-c4ccccc4)cc3)cc2)cc2c3ccccc3n(-c3cccc(-c4ccccc4)c3)c2c1-c1ccccc1. The third-order valence-corrected chi connectivity index (χ3v) is 14.5. The highest BCUT2D eigenvalue weighted by molar-refractivity contribution is 7.80. The van der Waals surface area contributed by atoms with Crippen LogP contribution >= 0.6 is 12.6 Å². The third-order valence-electron chi connectivity index (χ3n) is 14.0. The Morgan fingerprint density at radius 2 is 0.861 bits per heavy atom. The summed E-state index contributed by atoms with van der Waals surface area (Å²) in [5.41, 5.74) is 20.9. The molecule has 12 rings (SSSR count). The number of thiol groups is 1. The fraction of sp³-hybridized carbons (Fsp3) is 0.0526. The van der Waals surface area contributed by atoms with Gasteiger partial charge in [-0.3, -0.25) is 0 Å². The lowest BCUT2D eigenvalue weighted by Crippen LogP contribution is -2.09. The number of benzene rings is 11. The predicted octanol–water partition coefficient (Wildman–Crippen LogP) is 21.8. The van der Waals surface area contributed by atoms with E-state index in [-0.39, 0.29) is 0 Å². The average molecular weight is 1040 g/mol. The monoisotopic (exact) mass is 1040 g/mol. The van der Waals surface area contributed by atoms with Gasteiger partial charge in [0.2, 0.25) is 0 Å². The van der Waals surface area contributed by atoms with Crippen molar-refractivity contribution in [3.63, 3.8) is 0 Å². The van der Waals surface area contributed by atoms with Gasteiger partial charge in [0.25, 0.3) is 0 Å². The molecule has 0 amide bonds. The van der Waals surface area contributed by atoms with Crippen LogP contribution in [0, 0.1) is 0 Å². The van der Waals surface area contributed by atoms with E-state index >= 15 is 0 Å². The zero-order chi connectivity index (χ0) is 54.3. The largest absolute Gasteiger partial charge is 0.311 e. The lowest BCUT2D eigenvalue weighted by atomic mass is 9.94. The zero-order valence-electron chi connectivity index (χ0n) is 45.1. The van der Waals surface area contributed by atoms with E-state index in [4.69, 9.17) is 12.6 Å². The molecule has 0 N–H and O–H groups in total. The zero-order valence-corrected chi connectivity index (χ0v) is 46.0. The van der Waals surface area contributed by atoms with Crippen molar-refractivity contribution < 1.29 is 0 Å². The molecule has 0 bridgehead atoms. The molecule has 384 valence electrons. The van der Waals surface area contributed by atoms with E-state index in [1.54, 1.807) is 6.08 Å². The lowest BCUT2D eigenvalue weighted by Gasteiger charge is -2.26. The number of fused-ring (bicyclic) bond motifs is 3. The summed E-state index contributed by atoms with van der Waals surface area (Å²) in [5.74, 6) is 0. The number of rotatable bonds is 12. The second kappa shape index (κ2) is 25.6. The fourth-order valence-electron chi connectivity index (χ4n) is 10.1. The van der Waals surface area contributed by atoms with Crippen molar-refractivity contribution in [3.8, 4) is 61.3 Å². The van der Waals surface area contributed by atoms with Gasteiger partial charge in [0.1, 0.15) is 0 Å². The van der Waals surface area contributed by atoms with E-state index in [1.165, 1.54) is 55.3 Å². The molecular formula is C76H64N2S. The molecule has 11 aromatic carbocycles. The molecule has 2 nitrogen and oxygen atoms in total. The van der Waals surface area contributed by atoms with Crippen LogP contribution in [0.1, 0.15) is 26.3 Å². The first-order valence-electron chi connectivity index (χ1n) is 27.1. The number of nitrogens with zero attached hydrogens (tertiary/aromatic N) is 2. The predicted molar refractivity (Wildman–Crippen MR) is 344 cm³/mol. The minimum absolute atomic E-state index is 0.939. The number of allylic oxidation sites excluding steroid dienone is 5. The molecule has 0 spiro atoms. The van der Waals surface area contributed by atoms with Gasteiger partial charge in [-0.05, 0) is 137 Å². The van der Waals surface area contributed by atoms with Gasteiger partial charge in [-0.1, -0.05) is 262 Å². The Morgan fingerprint density at radius 1 is 0.430 bits per heavy atom. The van der Waals surface area contributed by atoms with Gasteiger partial charge >= 0.3 is 0 Å². The smallest absolute Gasteiger partial charge is 0.0631 e. The van der Waals surface area contributed by atoms with Crippen LogP contribution in [0.3, 0.4) is 0 Å². The van der Waals surface area contributed by atoms with Crippen molar-refractivity contribution in [1.29, 1.82) is 0 Å². The van der Waals surface area contributed by atoms with Crippen LogP contribution in [0.2, 0.25) is 0 Å². The number of anilines is 3. The Hall–Kier alpha value is -9.41. The number of hydrogen-bond acceptors (Lipinski definition) is 2. The minimum Gasteiger partial charge on any atom is -0.311 e. The lowest BCUT2D eigenvalue weighted by molar-refractivity contribution is 1.14. The van der Waals surface area contributed by atoms with Crippen LogP contribution in [0.5, 0.6) is 0 Å². The second-order valence-corrected chi connectivity index (χ2v) is 20.0. The summed E-state index contributed by atoms with van der Waals surface area (Å²) in [7, 11) is 0. The number of para-hydroxylation sites is 1. The van der Waals surface area contributed by atoms with Crippen molar-refractivity contribution >= 4 is 51.5 Å². The topological polar surface area (TPSA) is 8.17 Å². The molecule has 12 aromatic rings. The highest BCUT2D eigenvalue weighted by Crippen LogP contribution is 2.47. The molecule has 3 heteroatoms. The maximum Gasteiger partial charge on any atom is 0.0631 e. The summed E-state index contributed by atoms with van der Waals surface area (Å²) in [6.07, 6.45) is 8.83. The molecule has 0 atom stereocenters. The van der Waals surface area contributed by atoms with E-state index in [0.29, 0.717) is 0 Å². The molecule has 1 aromatic heterocycles. The first kappa shape index (κ1) is 53.0. The number of hydrogen-bond donors (Lipinski definition) is 1. The van der Waals surface area contributed by atoms with E-state index in [2.05, 4.69) is 310 Å². The van der Waals surface area contributed by atoms with Crippen LogP contribution in [0.25, 0.3) is 83.1 Å². The molecule has 0 aliphatic carbocycles. The summed E-state index contributed by atoms with van der Waals surface area (Å²) >= 11 is 5.47. The van der Waals surface area contributed by atoms with Crippen LogP contribution in [0.4, 0.5) is 17.1 Å². The molecule has 0 radical (unpaired) electrons. The standard InChI is InChI=1S/C60H42N2S.C8H10.C8H12/c63-60-55(41-56-54-26-13-14-27-57(54)62(59(56)58(60)48-22-11-4-12-23-48)53-25-15-24-49(40-53)44-20-9-3-10-21-44)47-32-38-52(39-33-47)61(50-34-28-45(29-35-50)42-16-5-1-6-17-42)51-36-30-46(31-37-51)43-18-7-2-8-19-43;1-2-8-6-4-3-5-7-8;1-4-5-6-7-8(2)3/h1-41,63H;3-7H,2H2,1H3;4-7H,1H2,2-3H3/b;;6-5-. The van der Waals surface area contributed by atoms with Gasteiger partial charge < -0.3 is 9.47 Å². The molecule has 1 heterocycles. The molecule has 0 unspecified atom stereocenters. The normalized spacial score (nSPS) is 10.8. The van der Waals surface area contributed by atoms with Crippen LogP contribution < -0.4 is 4.90 Å². The van der Waals surface area contributed by atoms with Crippen LogP contribution in [-0.4, -0.2) is 4.57 Å². The van der Waals surface area contributed by atoms with E-state index in [0.717, 1.165) is 67.4 Å². The minimum atomic E-state index is 0.939. The van der Waals surface area contributed by atoms with Crippen LogP contribution in [0.15, 0.2) is 320 Å². The van der Waals surface area contributed by atoms with Gasteiger partial charge in [-0.15, -0.1) is 12.6 Å². The summed E-state index contributed by atoms with van der Waals surface area (Å²) in [5, 5.41) is 2.38.